The molecule has 1 nitrogen and oxygen atoms in total. The van der Waals surface area contributed by atoms with Gasteiger partial charge in [-0.2, -0.15) is 0 Å². The fourth-order valence-corrected chi connectivity index (χ4v) is 3.54. The van der Waals surface area contributed by atoms with Crippen LogP contribution in [0.2, 0.25) is 0 Å². The van der Waals surface area contributed by atoms with Gasteiger partial charge in [-0.15, -0.1) is 13.2 Å². The first-order valence-electron chi connectivity index (χ1n) is 10.7. The molecule has 0 heterocycles. The van der Waals surface area contributed by atoms with E-state index in [1.165, 1.54) is 103 Å². The molecule has 0 aromatic heterocycles. The molecule has 0 saturated heterocycles. The van der Waals surface area contributed by atoms with Crippen molar-refractivity contribution in [1.29, 1.82) is 0 Å². The Morgan fingerprint density at radius 2 is 1.12 bits per heavy atom. The standard InChI is InChI=1S/C23H43BrO/c1-3-5-7-9-11-13-15-19-23(25-22-18-17-21-24)20-16-14-12-10-8-6-4-2/h3-4,23H,1-2,5-22H2. The van der Waals surface area contributed by atoms with Gasteiger partial charge >= 0.3 is 0 Å². The lowest BCUT2D eigenvalue weighted by Crippen LogP contribution is -2.14. The number of unbranched alkanes of at least 4 members (excludes halogenated alkanes) is 11. The van der Waals surface area contributed by atoms with E-state index in [-0.39, 0.29) is 0 Å². The van der Waals surface area contributed by atoms with Gasteiger partial charge < -0.3 is 4.74 Å². The summed E-state index contributed by atoms with van der Waals surface area (Å²) in [5.41, 5.74) is 0. The van der Waals surface area contributed by atoms with E-state index in [0.29, 0.717) is 6.10 Å². The van der Waals surface area contributed by atoms with E-state index in [1.54, 1.807) is 0 Å². The van der Waals surface area contributed by atoms with E-state index in [1.807, 2.05) is 12.2 Å². The second-order valence-corrected chi connectivity index (χ2v) is 7.95. The van der Waals surface area contributed by atoms with Crippen molar-refractivity contribution in [3.8, 4) is 0 Å². The maximum atomic E-state index is 6.19. The van der Waals surface area contributed by atoms with Crippen molar-refractivity contribution in [1.82, 2.24) is 0 Å². The van der Waals surface area contributed by atoms with Crippen molar-refractivity contribution in [2.24, 2.45) is 0 Å². The minimum absolute atomic E-state index is 0.497. The van der Waals surface area contributed by atoms with Crippen LogP contribution in [0.5, 0.6) is 0 Å². The number of ether oxygens (including phenoxy) is 1. The molecular weight excluding hydrogens is 372 g/mol. The van der Waals surface area contributed by atoms with Crippen LogP contribution in [-0.4, -0.2) is 18.0 Å². The summed E-state index contributed by atoms with van der Waals surface area (Å²) in [7, 11) is 0. The second kappa shape index (κ2) is 22.0. The van der Waals surface area contributed by atoms with Gasteiger partial charge in [0.25, 0.3) is 0 Å². The molecule has 0 unspecified atom stereocenters. The summed E-state index contributed by atoms with van der Waals surface area (Å²) in [5.74, 6) is 0. The van der Waals surface area contributed by atoms with Gasteiger partial charge in [-0.1, -0.05) is 79.4 Å². The van der Waals surface area contributed by atoms with Crippen molar-refractivity contribution < 1.29 is 4.74 Å². The van der Waals surface area contributed by atoms with Crippen LogP contribution in [-0.2, 0) is 4.74 Å². The predicted molar refractivity (Wildman–Crippen MR) is 118 cm³/mol. The minimum atomic E-state index is 0.497. The molecule has 0 aliphatic heterocycles. The Morgan fingerprint density at radius 3 is 1.60 bits per heavy atom. The third-order valence-electron chi connectivity index (χ3n) is 4.75. The second-order valence-electron chi connectivity index (χ2n) is 7.16. The molecule has 0 aliphatic rings. The summed E-state index contributed by atoms with van der Waals surface area (Å²) >= 11 is 3.50. The first-order valence-corrected chi connectivity index (χ1v) is 11.9. The number of hydrogen-bond acceptors (Lipinski definition) is 1. The Bertz CT molecular complexity index is 255. The molecule has 2 heteroatoms. The number of rotatable bonds is 21. The molecule has 0 aromatic carbocycles. The molecule has 0 N–H and O–H groups in total. The van der Waals surface area contributed by atoms with E-state index in [2.05, 4.69) is 29.1 Å². The summed E-state index contributed by atoms with van der Waals surface area (Å²) in [6, 6.07) is 0. The SMILES string of the molecule is C=CCCCCCCCC(CCCCCCCC=C)OCCCCBr. The van der Waals surface area contributed by atoms with Crippen LogP contribution in [0.25, 0.3) is 0 Å². The molecule has 0 atom stereocenters. The summed E-state index contributed by atoms with van der Waals surface area (Å²) in [6.07, 6.45) is 25.3. The van der Waals surface area contributed by atoms with Gasteiger partial charge in [-0.3, -0.25) is 0 Å². The highest BCUT2D eigenvalue weighted by Crippen LogP contribution is 2.17. The molecule has 0 amide bonds. The summed E-state index contributed by atoms with van der Waals surface area (Å²) in [6.45, 7) is 8.52. The maximum absolute atomic E-state index is 6.19. The molecule has 0 aliphatic carbocycles. The molecule has 0 aromatic rings. The maximum Gasteiger partial charge on any atom is 0.0575 e. The number of halogens is 1. The van der Waals surface area contributed by atoms with Gasteiger partial charge in [0, 0.05) is 11.9 Å². The van der Waals surface area contributed by atoms with Gasteiger partial charge in [0.2, 0.25) is 0 Å². The quantitative estimate of drug-likeness (QED) is 0.104. The highest BCUT2D eigenvalue weighted by Gasteiger charge is 2.09. The average molecular weight is 416 g/mol. The first kappa shape index (κ1) is 24.9. The van der Waals surface area contributed by atoms with Crippen LogP contribution in [0.1, 0.15) is 103 Å². The van der Waals surface area contributed by atoms with Crippen LogP contribution >= 0.6 is 15.9 Å². The Labute approximate surface area is 166 Å². The lowest BCUT2D eigenvalue weighted by Gasteiger charge is -2.18. The van der Waals surface area contributed by atoms with Gasteiger partial charge in [-0.05, 0) is 51.4 Å². The zero-order chi connectivity index (χ0) is 18.4. The lowest BCUT2D eigenvalue weighted by atomic mass is 10.0. The fourth-order valence-electron chi connectivity index (χ4n) is 3.14. The van der Waals surface area contributed by atoms with E-state index in [9.17, 15) is 0 Å². The zero-order valence-electron chi connectivity index (χ0n) is 16.7. The van der Waals surface area contributed by atoms with Crippen molar-refractivity contribution >= 4 is 15.9 Å². The normalized spacial score (nSPS) is 11.1. The van der Waals surface area contributed by atoms with Crippen molar-refractivity contribution in [2.45, 2.75) is 109 Å². The zero-order valence-corrected chi connectivity index (χ0v) is 18.2. The Morgan fingerprint density at radius 1 is 0.640 bits per heavy atom. The topological polar surface area (TPSA) is 9.23 Å². The van der Waals surface area contributed by atoms with Crippen LogP contribution < -0.4 is 0 Å². The number of alkyl halides is 1. The van der Waals surface area contributed by atoms with Crippen LogP contribution in [0, 0.1) is 0 Å². The van der Waals surface area contributed by atoms with E-state index in [0.717, 1.165) is 11.9 Å². The Balaban J connectivity index is 3.74. The third kappa shape index (κ3) is 20.1. The van der Waals surface area contributed by atoms with Crippen molar-refractivity contribution in [3.05, 3.63) is 25.3 Å². The number of allylic oxidation sites excluding steroid dienone is 2. The predicted octanol–water partition coefficient (Wildman–Crippen LogP) is 8.38. The summed E-state index contributed by atoms with van der Waals surface area (Å²) in [4.78, 5) is 0. The van der Waals surface area contributed by atoms with Crippen molar-refractivity contribution in [2.75, 3.05) is 11.9 Å². The molecule has 0 rings (SSSR count). The third-order valence-corrected chi connectivity index (χ3v) is 5.31. The van der Waals surface area contributed by atoms with Crippen LogP contribution in [0.3, 0.4) is 0 Å². The average Bonchev–Trinajstić information content (AvgIpc) is 2.63. The monoisotopic (exact) mass is 414 g/mol. The largest absolute Gasteiger partial charge is 0.378 e. The molecule has 0 spiro atoms. The van der Waals surface area contributed by atoms with Gasteiger partial charge in [0.15, 0.2) is 0 Å². The van der Waals surface area contributed by atoms with Gasteiger partial charge in [0.1, 0.15) is 0 Å². The van der Waals surface area contributed by atoms with E-state index < -0.39 is 0 Å². The summed E-state index contributed by atoms with van der Waals surface area (Å²) in [5, 5.41) is 1.09. The van der Waals surface area contributed by atoms with Crippen LogP contribution in [0.15, 0.2) is 25.3 Å². The van der Waals surface area contributed by atoms with Gasteiger partial charge in [-0.25, -0.2) is 0 Å². The molecule has 0 radical (unpaired) electrons. The lowest BCUT2D eigenvalue weighted by molar-refractivity contribution is 0.0366. The smallest absolute Gasteiger partial charge is 0.0575 e. The first-order chi connectivity index (χ1) is 12.3. The van der Waals surface area contributed by atoms with Crippen molar-refractivity contribution in [3.63, 3.8) is 0 Å². The van der Waals surface area contributed by atoms with E-state index >= 15 is 0 Å². The molecule has 0 fully saturated rings. The molecule has 25 heavy (non-hydrogen) atoms. The Kier molecular flexibility index (Phi) is 21.9. The highest BCUT2D eigenvalue weighted by molar-refractivity contribution is 9.09. The molecule has 0 saturated carbocycles. The molecule has 148 valence electrons. The van der Waals surface area contributed by atoms with Gasteiger partial charge in [0.05, 0.1) is 6.10 Å². The van der Waals surface area contributed by atoms with Crippen LogP contribution in [0.4, 0.5) is 0 Å². The number of hydrogen-bond donors (Lipinski definition) is 0. The fraction of sp³-hybridized carbons (Fsp3) is 0.826. The Hall–Kier alpha value is -0.0800. The minimum Gasteiger partial charge on any atom is -0.378 e. The van der Waals surface area contributed by atoms with E-state index in [4.69, 9.17) is 4.74 Å². The highest BCUT2D eigenvalue weighted by atomic mass is 79.9. The summed E-state index contributed by atoms with van der Waals surface area (Å²) < 4.78 is 6.19. The molecular formula is C23H43BrO. The molecule has 0 bridgehead atoms.